The van der Waals surface area contributed by atoms with Gasteiger partial charge in [-0.15, -0.1) is 0 Å². The van der Waals surface area contributed by atoms with E-state index in [0.29, 0.717) is 5.56 Å². The third-order valence-electron chi connectivity index (χ3n) is 2.36. The standard InChI is InChI=1S/C9H10NO3S.Na/c1-2-9(11)7-5-3-4-6-8(7)14(12,13)10-9;/h3-6,11H,2H2,1H3;/q-1;+1. The first-order chi connectivity index (χ1) is 6.49. The molecule has 0 aliphatic carbocycles. The van der Waals surface area contributed by atoms with Crippen molar-refractivity contribution in [2.24, 2.45) is 0 Å². The molecule has 0 radical (unpaired) electrons. The first kappa shape index (κ1) is 13.2. The summed E-state index contributed by atoms with van der Waals surface area (Å²) in [5, 5.41) is 9.94. The second kappa shape index (κ2) is 4.16. The molecular formula is C9H10NNaO3S. The SMILES string of the molecule is CCC1(O)[N-]S(=O)(=O)c2ccccc21.[Na+]. The average molecular weight is 235 g/mol. The molecule has 1 N–H and O–H groups in total. The molecule has 0 bridgehead atoms. The van der Waals surface area contributed by atoms with E-state index in [9.17, 15) is 13.5 Å². The summed E-state index contributed by atoms with van der Waals surface area (Å²) in [5.74, 6) is 0. The van der Waals surface area contributed by atoms with Crippen molar-refractivity contribution in [3.63, 3.8) is 0 Å². The van der Waals surface area contributed by atoms with Crippen molar-refractivity contribution in [3.8, 4) is 0 Å². The minimum atomic E-state index is -3.65. The number of hydrogen-bond donors (Lipinski definition) is 1. The molecule has 1 aromatic carbocycles. The maximum Gasteiger partial charge on any atom is 1.00 e. The Morgan fingerprint density at radius 2 is 2.00 bits per heavy atom. The zero-order valence-electron chi connectivity index (χ0n) is 8.64. The van der Waals surface area contributed by atoms with Gasteiger partial charge in [-0.25, -0.2) is 8.42 Å². The Labute approximate surface area is 111 Å². The van der Waals surface area contributed by atoms with Crippen molar-refractivity contribution in [2.75, 3.05) is 0 Å². The second-order valence-electron chi connectivity index (χ2n) is 3.23. The van der Waals surface area contributed by atoms with Crippen LogP contribution < -0.4 is 29.6 Å². The van der Waals surface area contributed by atoms with Gasteiger partial charge < -0.3 is 9.83 Å². The van der Waals surface area contributed by atoms with Crippen LogP contribution in [-0.2, 0) is 15.7 Å². The molecular weight excluding hydrogens is 225 g/mol. The monoisotopic (exact) mass is 235 g/mol. The van der Waals surface area contributed by atoms with Crippen molar-refractivity contribution in [3.05, 3.63) is 34.6 Å². The Morgan fingerprint density at radius 3 is 2.60 bits per heavy atom. The number of nitrogens with zero attached hydrogens (tertiary/aromatic N) is 1. The van der Waals surface area contributed by atoms with E-state index in [-0.39, 0.29) is 40.9 Å². The molecule has 0 amide bonds. The van der Waals surface area contributed by atoms with E-state index in [4.69, 9.17) is 0 Å². The largest absolute Gasteiger partial charge is 1.00 e. The number of benzene rings is 1. The molecule has 0 aromatic heterocycles. The molecule has 1 aliphatic rings. The summed E-state index contributed by atoms with van der Waals surface area (Å²) in [6.45, 7) is 1.70. The van der Waals surface area contributed by atoms with E-state index >= 15 is 0 Å². The minimum Gasteiger partial charge on any atom is -0.512 e. The van der Waals surface area contributed by atoms with Gasteiger partial charge in [-0.05, 0) is 18.1 Å². The van der Waals surface area contributed by atoms with Crippen LogP contribution in [0.5, 0.6) is 0 Å². The van der Waals surface area contributed by atoms with Gasteiger partial charge in [0.2, 0.25) is 0 Å². The molecule has 0 spiro atoms. The molecule has 0 saturated heterocycles. The van der Waals surface area contributed by atoms with Crippen molar-refractivity contribution < 1.29 is 43.1 Å². The first-order valence-corrected chi connectivity index (χ1v) is 5.75. The summed E-state index contributed by atoms with van der Waals surface area (Å²) in [4.78, 5) is 0.115. The molecule has 6 heteroatoms. The zero-order valence-corrected chi connectivity index (χ0v) is 11.5. The van der Waals surface area contributed by atoms with Crippen molar-refractivity contribution in [1.29, 1.82) is 0 Å². The fraction of sp³-hybridized carbons (Fsp3) is 0.333. The van der Waals surface area contributed by atoms with E-state index in [1.807, 2.05) is 0 Å². The van der Waals surface area contributed by atoms with Crippen molar-refractivity contribution >= 4 is 10.0 Å². The van der Waals surface area contributed by atoms with Gasteiger partial charge in [0, 0.05) is 5.72 Å². The van der Waals surface area contributed by atoms with E-state index in [1.165, 1.54) is 6.07 Å². The average Bonchev–Trinajstić information content (AvgIpc) is 2.37. The molecule has 1 aromatic rings. The predicted octanol–water partition coefficient (Wildman–Crippen LogP) is -1.68. The molecule has 1 aliphatic heterocycles. The molecule has 15 heavy (non-hydrogen) atoms. The van der Waals surface area contributed by atoms with E-state index < -0.39 is 15.7 Å². The van der Waals surface area contributed by atoms with Crippen LogP contribution in [0.4, 0.5) is 0 Å². The summed E-state index contributed by atoms with van der Waals surface area (Å²) < 4.78 is 26.5. The fourth-order valence-corrected chi connectivity index (χ4v) is 3.06. The van der Waals surface area contributed by atoms with Crippen LogP contribution in [-0.4, -0.2) is 13.5 Å². The van der Waals surface area contributed by atoms with E-state index in [2.05, 4.69) is 4.72 Å². The zero-order chi connectivity index (χ0) is 10.4. The minimum absolute atomic E-state index is 0. The summed E-state index contributed by atoms with van der Waals surface area (Å²) >= 11 is 0. The topological polar surface area (TPSA) is 68.5 Å². The molecule has 2 rings (SSSR count). The molecule has 1 unspecified atom stereocenters. The predicted molar refractivity (Wildman–Crippen MR) is 51.2 cm³/mol. The van der Waals surface area contributed by atoms with Crippen LogP contribution in [0.1, 0.15) is 18.9 Å². The summed E-state index contributed by atoms with van der Waals surface area (Å²) in [7, 11) is -3.65. The van der Waals surface area contributed by atoms with Gasteiger partial charge in [0.25, 0.3) is 0 Å². The number of fused-ring (bicyclic) bond motifs is 1. The fourth-order valence-electron chi connectivity index (χ4n) is 1.57. The summed E-state index contributed by atoms with van der Waals surface area (Å²) in [6, 6.07) is 6.36. The number of aliphatic hydroxyl groups is 1. The van der Waals surface area contributed by atoms with Crippen molar-refractivity contribution in [1.82, 2.24) is 0 Å². The molecule has 1 atom stereocenters. The van der Waals surface area contributed by atoms with Gasteiger partial charge in [0.15, 0.2) is 0 Å². The summed E-state index contributed by atoms with van der Waals surface area (Å²) in [5.41, 5.74) is -1.18. The Morgan fingerprint density at radius 1 is 1.40 bits per heavy atom. The van der Waals surface area contributed by atoms with Crippen LogP contribution in [0, 0.1) is 0 Å². The Bertz CT molecular complexity index is 474. The maximum absolute atomic E-state index is 11.5. The smallest absolute Gasteiger partial charge is 0.512 e. The van der Waals surface area contributed by atoms with E-state index in [0.717, 1.165) is 0 Å². The molecule has 0 fully saturated rings. The molecule has 1 heterocycles. The molecule has 4 nitrogen and oxygen atoms in total. The van der Waals surface area contributed by atoms with Gasteiger partial charge >= 0.3 is 29.6 Å². The first-order valence-electron chi connectivity index (χ1n) is 4.31. The Balaban J connectivity index is 0.00000112. The van der Waals surface area contributed by atoms with Gasteiger partial charge in [0.05, 0.1) is 4.90 Å². The molecule has 76 valence electrons. The van der Waals surface area contributed by atoms with E-state index in [1.54, 1.807) is 25.1 Å². The third-order valence-corrected chi connectivity index (χ3v) is 3.81. The number of rotatable bonds is 1. The quantitative estimate of drug-likeness (QED) is 0.591. The Hall–Kier alpha value is 0.0900. The van der Waals surface area contributed by atoms with Crippen LogP contribution in [0.15, 0.2) is 29.2 Å². The van der Waals surface area contributed by atoms with Gasteiger partial charge in [-0.2, -0.15) is 0 Å². The van der Waals surface area contributed by atoms with Crippen molar-refractivity contribution in [2.45, 2.75) is 24.0 Å². The number of sulfonamides is 1. The second-order valence-corrected chi connectivity index (χ2v) is 4.81. The molecule has 0 saturated carbocycles. The maximum atomic E-state index is 11.5. The Kier molecular flexibility index (Phi) is 3.65. The summed E-state index contributed by atoms with van der Waals surface area (Å²) in [6.07, 6.45) is 0.253. The third kappa shape index (κ3) is 2.00. The van der Waals surface area contributed by atoms with Crippen LogP contribution in [0.2, 0.25) is 0 Å². The van der Waals surface area contributed by atoms with Gasteiger partial charge in [-0.1, -0.05) is 25.1 Å². The van der Waals surface area contributed by atoms with Crippen LogP contribution in [0.3, 0.4) is 0 Å². The van der Waals surface area contributed by atoms with Gasteiger partial charge in [0.1, 0.15) is 10.0 Å². The normalized spacial score (nSPS) is 26.8. The number of hydrogen-bond acceptors (Lipinski definition) is 3. The van der Waals surface area contributed by atoms with Crippen LogP contribution in [0.25, 0.3) is 4.72 Å². The van der Waals surface area contributed by atoms with Gasteiger partial charge in [-0.3, -0.25) is 0 Å². The van der Waals surface area contributed by atoms with Crippen LogP contribution >= 0.6 is 0 Å².